The summed E-state index contributed by atoms with van der Waals surface area (Å²) in [6, 6.07) is 11.8. The van der Waals surface area contributed by atoms with Crippen LogP contribution in [0.1, 0.15) is 53.0 Å². The normalized spacial score (nSPS) is 18.0. The Morgan fingerprint density at radius 2 is 1.70 bits per heavy atom. The number of aromatic nitrogens is 2. The second-order valence-electron chi connectivity index (χ2n) is 8.90. The first-order chi connectivity index (χ1) is 15.8. The summed E-state index contributed by atoms with van der Waals surface area (Å²) in [5.74, 6) is 0.472. The molecule has 1 aliphatic rings. The number of fused-ring (bicyclic) bond motifs is 1. The average Bonchev–Trinajstić information content (AvgIpc) is 2.74. The molecule has 8 heteroatoms. The maximum atomic E-state index is 13.1. The second-order valence-corrected chi connectivity index (χ2v) is 8.90. The number of nitrogens with one attached hydrogen (secondary N) is 2. The molecule has 0 radical (unpaired) electrons. The molecule has 0 aliphatic heterocycles. The molecule has 6 N–H and O–H groups in total. The molecule has 2 aromatic carbocycles. The quantitative estimate of drug-likeness (QED) is 0.349. The largest absolute Gasteiger partial charge is 0.370 e. The van der Waals surface area contributed by atoms with Crippen LogP contribution < -0.4 is 22.1 Å². The van der Waals surface area contributed by atoms with Gasteiger partial charge in [0.2, 0.25) is 5.82 Å². The van der Waals surface area contributed by atoms with E-state index in [0.717, 1.165) is 53.4 Å². The third kappa shape index (κ3) is 5.39. The fourth-order valence-electron chi connectivity index (χ4n) is 4.49. The molecule has 172 valence electrons. The summed E-state index contributed by atoms with van der Waals surface area (Å²) in [6.07, 6.45) is 3.98. The third-order valence-electron chi connectivity index (χ3n) is 5.90. The SMILES string of the molecule is Cc1cc(C)cc(NC(=O)c2nc(N[C@H]3CCCC[C@H]3N=C(N)N)c3cc(C)ccc3n2)c1. The number of nitrogens with zero attached hydrogens (tertiary/aromatic N) is 3. The lowest BCUT2D eigenvalue weighted by atomic mass is 9.90. The molecular weight excluding hydrogens is 414 g/mol. The van der Waals surface area contributed by atoms with E-state index in [1.165, 1.54) is 0 Å². The highest BCUT2D eigenvalue weighted by atomic mass is 16.2. The van der Waals surface area contributed by atoms with E-state index in [2.05, 4.69) is 31.7 Å². The van der Waals surface area contributed by atoms with E-state index >= 15 is 0 Å². The Morgan fingerprint density at radius 1 is 0.970 bits per heavy atom. The van der Waals surface area contributed by atoms with Crippen LogP contribution in [0, 0.1) is 20.8 Å². The number of nitrogens with two attached hydrogens (primary N) is 2. The zero-order valence-electron chi connectivity index (χ0n) is 19.4. The minimum absolute atomic E-state index is 0.0230. The lowest BCUT2D eigenvalue weighted by molar-refractivity contribution is 0.101. The minimum atomic E-state index is -0.352. The number of hydrogen-bond donors (Lipinski definition) is 4. The molecule has 1 fully saturated rings. The number of aryl methyl sites for hydroxylation is 3. The number of amides is 1. The lowest BCUT2D eigenvalue weighted by Crippen LogP contribution is -2.38. The Hall–Kier alpha value is -3.68. The fraction of sp³-hybridized carbons (Fsp3) is 0.360. The topological polar surface area (TPSA) is 131 Å². The van der Waals surface area contributed by atoms with Crippen LogP contribution in [0.3, 0.4) is 0 Å². The molecule has 0 bridgehead atoms. The monoisotopic (exact) mass is 445 g/mol. The van der Waals surface area contributed by atoms with Crippen LogP contribution in [0.2, 0.25) is 0 Å². The average molecular weight is 446 g/mol. The molecule has 2 atom stereocenters. The van der Waals surface area contributed by atoms with Gasteiger partial charge < -0.3 is 22.1 Å². The maximum Gasteiger partial charge on any atom is 0.293 e. The molecule has 1 aromatic heterocycles. The first-order valence-electron chi connectivity index (χ1n) is 11.3. The van der Waals surface area contributed by atoms with E-state index in [-0.39, 0.29) is 29.8 Å². The summed E-state index contributed by atoms with van der Waals surface area (Å²) in [5, 5.41) is 7.34. The Kier molecular flexibility index (Phi) is 6.44. The van der Waals surface area contributed by atoms with E-state index in [4.69, 9.17) is 11.5 Å². The Bertz CT molecular complexity index is 1200. The molecule has 0 unspecified atom stereocenters. The van der Waals surface area contributed by atoms with Crippen molar-refractivity contribution in [2.75, 3.05) is 10.6 Å². The van der Waals surface area contributed by atoms with Crippen molar-refractivity contribution in [3.05, 3.63) is 58.9 Å². The van der Waals surface area contributed by atoms with E-state index in [0.29, 0.717) is 11.3 Å². The van der Waals surface area contributed by atoms with Gasteiger partial charge in [0, 0.05) is 11.1 Å². The Balaban J connectivity index is 1.70. The summed E-state index contributed by atoms with van der Waals surface area (Å²) in [6.45, 7) is 6.01. The van der Waals surface area contributed by atoms with Crippen molar-refractivity contribution in [3.63, 3.8) is 0 Å². The third-order valence-corrected chi connectivity index (χ3v) is 5.90. The Labute approximate surface area is 193 Å². The predicted octanol–water partition coefficient (Wildman–Crippen LogP) is 3.80. The maximum absolute atomic E-state index is 13.1. The molecular formula is C25H31N7O. The van der Waals surface area contributed by atoms with Crippen molar-refractivity contribution in [2.24, 2.45) is 16.5 Å². The van der Waals surface area contributed by atoms with Crippen LogP contribution in [0.25, 0.3) is 10.9 Å². The molecule has 1 aliphatic carbocycles. The van der Waals surface area contributed by atoms with Gasteiger partial charge in [-0.25, -0.2) is 15.0 Å². The van der Waals surface area contributed by atoms with Gasteiger partial charge in [-0.1, -0.05) is 30.5 Å². The highest BCUT2D eigenvalue weighted by Crippen LogP contribution is 2.28. The first kappa shape index (κ1) is 22.5. The van der Waals surface area contributed by atoms with Crippen molar-refractivity contribution in [1.29, 1.82) is 0 Å². The van der Waals surface area contributed by atoms with Crippen molar-refractivity contribution in [2.45, 2.75) is 58.5 Å². The number of carbonyl (C=O) groups excluding carboxylic acids is 1. The van der Waals surface area contributed by atoms with Crippen LogP contribution in [0.15, 0.2) is 41.4 Å². The molecule has 33 heavy (non-hydrogen) atoms. The molecule has 0 saturated heterocycles. The second kappa shape index (κ2) is 9.44. The standard InChI is InChI=1S/C25H31N7O/c1-14-8-9-19-18(13-14)22(30-20-6-4-5-7-21(20)31-25(26)27)32-23(29-19)24(33)28-17-11-15(2)10-16(3)12-17/h8-13,20-21H,4-7H2,1-3H3,(H,28,33)(H4,26,27,31)(H,29,30,32)/t20-,21+/m0/s1. The number of hydrogen-bond acceptors (Lipinski definition) is 5. The zero-order valence-corrected chi connectivity index (χ0v) is 19.4. The number of rotatable bonds is 5. The van der Waals surface area contributed by atoms with Crippen molar-refractivity contribution >= 4 is 34.3 Å². The smallest absolute Gasteiger partial charge is 0.293 e. The summed E-state index contributed by atoms with van der Waals surface area (Å²) >= 11 is 0. The van der Waals surface area contributed by atoms with Crippen molar-refractivity contribution in [3.8, 4) is 0 Å². The first-order valence-corrected chi connectivity index (χ1v) is 11.3. The summed E-state index contributed by atoms with van der Waals surface area (Å²) in [7, 11) is 0. The van der Waals surface area contributed by atoms with Gasteiger partial charge in [-0.05, 0) is 69.0 Å². The predicted molar refractivity (Wildman–Crippen MR) is 134 cm³/mol. The van der Waals surface area contributed by atoms with Crippen LogP contribution in [0.4, 0.5) is 11.5 Å². The molecule has 1 saturated carbocycles. The van der Waals surface area contributed by atoms with Gasteiger partial charge >= 0.3 is 0 Å². The van der Waals surface area contributed by atoms with E-state index in [9.17, 15) is 4.79 Å². The molecule has 8 nitrogen and oxygen atoms in total. The van der Waals surface area contributed by atoms with Gasteiger partial charge in [0.25, 0.3) is 5.91 Å². The number of aliphatic imine (C=N–C) groups is 1. The van der Waals surface area contributed by atoms with E-state index in [1.54, 1.807) is 0 Å². The Morgan fingerprint density at radius 3 is 2.42 bits per heavy atom. The number of carbonyl (C=O) groups is 1. The van der Waals surface area contributed by atoms with E-state index < -0.39 is 0 Å². The van der Waals surface area contributed by atoms with Gasteiger partial charge in [-0.3, -0.25) is 4.79 Å². The molecule has 1 heterocycles. The van der Waals surface area contributed by atoms with Crippen LogP contribution in [-0.4, -0.2) is 33.9 Å². The van der Waals surface area contributed by atoms with Crippen molar-refractivity contribution < 1.29 is 4.79 Å². The minimum Gasteiger partial charge on any atom is -0.370 e. The van der Waals surface area contributed by atoms with Gasteiger partial charge in [0.15, 0.2) is 5.96 Å². The molecule has 4 rings (SSSR count). The van der Waals surface area contributed by atoms with Crippen LogP contribution in [-0.2, 0) is 0 Å². The highest BCUT2D eigenvalue weighted by Gasteiger charge is 2.26. The van der Waals surface area contributed by atoms with Gasteiger partial charge in [-0.15, -0.1) is 0 Å². The van der Waals surface area contributed by atoms with Gasteiger partial charge in [-0.2, -0.15) is 0 Å². The number of guanidine groups is 1. The fourth-order valence-corrected chi connectivity index (χ4v) is 4.49. The van der Waals surface area contributed by atoms with E-state index in [1.807, 2.05) is 51.1 Å². The summed E-state index contributed by atoms with van der Waals surface area (Å²) in [4.78, 5) is 26.7. The van der Waals surface area contributed by atoms with Crippen LogP contribution >= 0.6 is 0 Å². The van der Waals surface area contributed by atoms with Gasteiger partial charge in [0.1, 0.15) is 5.82 Å². The zero-order chi connectivity index (χ0) is 23.5. The molecule has 3 aromatic rings. The molecule has 1 amide bonds. The summed E-state index contributed by atoms with van der Waals surface area (Å²) < 4.78 is 0. The van der Waals surface area contributed by atoms with Crippen LogP contribution in [0.5, 0.6) is 0 Å². The summed E-state index contributed by atoms with van der Waals surface area (Å²) in [5.41, 5.74) is 16.0. The van der Waals surface area contributed by atoms with Gasteiger partial charge in [0.05, 0.1) is 17.6 Å². The molecule has 0 spiro atoms. The lowest BCUT2D eigenvalue weighted by Gasteiger charge is -2.30. The number of anilines is 2. The van der Waals surface area contributed by atoms with Crippen molar-refractivity contribution in [1.82, 2.24) is 9.97 Å². The number of benzene rings is 2. The highest BCUT2D eigenvalue weighted by molar-refractivity contribution is 6.04.